The first-order chi connectivity index (χ1) is 18.2. The molecule has 1 aromatic carbocycles. The molecule has 38 heavy (non-hydrogen) atoms. The number of carbonyl (C=O) groups excluding carboxylic acids is 1. The van der Waals surface area contributed by atoms with Gasteiger partial charge < -0.3 is 32.7 Å². The van der Waals surface area contributed by atoms with Crippen LogP contribution >= 0.6 is 0 Å². The summed E-state index contributed by atoms with van der Waals surface area (Å²) >= 11 is 0. The van der Waals surface area contributed by atoms with Crippen LogP contribution < -0.4 is 27.8 Å². The first kappa shape index (κ1) is 27.4. The third-order valence-corrected chi connectivity index (χ3v) is 10.0. The predicted molar refractivity (Wildman–Crippen MR) is 144 cm³/mol. The Kier molecular flexibility index (Phi) is 8.61. The maximum atomic E-state index is 14.7. The Bertz CT molecular complexity index is 1090. The number of halogens is 1. The summed E-state index contributed by atoms with van der Waals surface area (Å²) in [4.78, 5) is 21.9. The van der Waals surface area contributed by atoms with Gasteiger partial charge in [-0.15, -0.1) is 0 Å². The van der Waals surface area contributed by atoms with Gasteiger partial charge in [-0.25, -0.2) is 4.98 Å². The first-order valence-corrected chi connectivity index (χ1v) is 14.6. The largest absolute Gasteiger partial charge is 1.00 e. The minimum atomic E-state index is -0.164. The molecule has 1 amide bonds. The second-order valence-electron chi connectivity index (χ2n) is 11.8. The molecule has 4 aliphatic rings. The minimum Gasteiger partial charge on any atom is -1.00 e. The molecule has 1 aliphatic carbocycles. The number of carbonyl (C=O) groups is 1. The van der Waals surface area contributed by atoms with Crippen LogP contribution in [0.15, 0.2) is 42.5 Å². The van der Waals surface area contributed by atoms with Crippen LogP contribution in [0.1, 0.15) is 74.1 Å². The van der Waals surface area contributed by atoms with Crippen molar-refractivity contribution in [2.75, 3.05) is 33.3 Å². The normalized spacial score (nSPS) is 29.8. The lowest BCUT2D eigenvalue weighted by Gasteiger charge is -2.46. The van der Waals surface area contributed by atoms with E-state index in [0.29, 0.717) is 29.7 Å². The molecular formula is C31H43ClN4O2. The number of ether oxygens (including phenoxy) is 1. The van der Waals surface area contributed by atoms with E-state index in [-0.39, 0.29) is 23.7 Å². The van der Waals surface area contributed by atoms with Gasteiger partial charge in [0.2, 0.25) is 11.8 Å². The van der Waals surface area contributed by atoms with Crippen LogP contribution in [0.4, 0.5) is 0 Å². The Morgan fingerprint density at radius 1 is 1.11 bits per heavy atom. The van der Waals surface area contributed by atoms with Gasteiger partial charge in [0.25, 0.3) is 0 Å². The van der Waals surface area contributed by atoms with E-state index in [1.54, 1.807) is 7.11 Å². The fourth-order valence-electron chi connectivity index (χ4n) is 8.09. The Morgan fingerprint density at radius 2 is 1.92 bits per heavy atom. The van der Waals surface area contributed by atoms with Gasteiger partial charge in [-0.1, -0.05) is 55.7 Å². The van der Waals surface area contributed by atoms with E-state index in [1.807, 2.05) is 6.07 Å². The Hall–Kier alpha value is -2.15. The van der Waals surface area contributed by atoms with Gasteiger partial charge in [-0.3, -0.25) is 4.79 Å². The number of hydrogen-bond acceptors (Lipinski definition) is 4. The lowest BCUT2D eigenvalue weighted by atomic mass is 9.68. The fraction of sp³-hybridized carbons (Fsp3) is 0.613. The molecule has 2 aromatic rings. The van der Waals surface area contributed by atoms with Gasteiger partial charge in [0.05, 0.1) is 31.3 Å². The highest BCUT2D eigenvalue weighted by Gasteiger charge is 2.55. The standard InChI is InChI=1S/C31H42N4O2.ClH/c1-37-29-13-12-25-27(34-29)20-32-16-15-31(25)21-33-19-26(31)30(36)35-17-14-24(22-8-4-2-5-9-22)18-28(35)23-10-6-3-7-11-23;/h2,4-5,8-9,12-13,23-24,26,28,32-33H,3,6-7,10-11,14-21H2,1H3;1H/t24-,26+,28+,31+;/m1./s1. The Morgan fingerprint density at radius 3 is 2.71 bits per heavy atom. The molecule has 4 heterocycles. The summed E-state index contributed by atoms with van der Waals surface area (Å²) in [5.41, 5.74) is 3.60. The minimum absolute atomic E-state index is 0. The molecule has 0 bridgehead atoms. The van der Waals surface area contributed by atoms with Crippen molar-refractivity contribution in [1.82, 2.24) is 15.2 Å². The number of pyridine rings is 1. The highest BCUT2D eigenvalue weighted by Crippen LogP contribution is 2.44. The number of amides is 1. The topological polar surface area (TPSA) is 71.1 Å². The first-order valence-electron chi connectivity index (χ1n) is 14.6. The second-order valence-corrected chi connectivity index (χ2v) is 11.8. The summed E-state index contributed by atoms with van der Waals surface area (Å²) in [5.74, 6) is 2.25. The molecule has 7 heteroatoms. The SMILES string of the molecule is COc1ccc2c(n1)CNCC[C@]21C[NH2+]C[C@H]1C(=O)N1CC[C@@H](c2ccccc2)C[C@H]1C1CCCCC1.[Cl-]. The van der Waals surface area contributed by atoms with Crippen molar-refractivity contribution in [3.05, 3.63) is 59.3 Å². The van der Waals surface area contributed by atoms with Crippen LogP contribution in [0.25, 0.3) is 0 Å². The van der Waals surface area contributed by atoms with Crippen LogP contribution in [-0.4, -0.2) is 55.1 Å². The summed E-state index contributed by atoms with van der Waals surface area (Å²) in [7, 11) is 1.68. The average Bonchev–Trinajstić information content (AvgIpc) is 3.31. The van der Waals surface area contributed by atoms with E-state index in [4.69, 9.17) is 9.72 Å². The van der Waals surface area contributed by atoms with Gasteiger partial charge in [-0.2, -0.15) is 0 Å². The van der Waals surface area contributed by atoms with E-state index in [0.717, 1.165) is 57.7 Å². The lowest BCUT2D eigenvalue weighted by Crippen LogP contribution is -3.00. The fourth-order valence-corrected chi connectivity index (χ4v) is 8.09. The third kappa shape index (κ3) is 5.07. The molecule has 1 aromatic heterocycles. The Labute approximate surface area is 233 Å². The quantitative estimate of drug-likeness (QED) is 0.590. The number of piperidine rings is 1. The second kappa shape index (κ2) is 11.9. The highest BCUT2D eigenvalue weighted by atomic mass is 35.5. The lowest BCUT2D eigenvalue weighted by molar-refractivity contribution is -0.640. The molecule has 0 radical (unpaired) electrons. The van der Waals surface area contributed by atoms with E-state index >= 15 is 0 Å². The maximum Gasteiger partial charge on any atom is 0.232 e. The predicted octanol–water partition coefficient (Wildman–Crippen LogP) is 0.374. The molecule has 2 saturated heterocycles. The number of hydrogen-bond donors (Lipinski definition) is 2. The van der Waals surface area contributed by atoms with Crippen molar-refractivity contribution < 1.29 is 27.3 Å². The van der Waals surface area contributed by atoms with Crippen molar-refractivity contribution in [3.63, 3.8) is 0 Å². The van der Waals surface area contributed by atoms with Crippen molar-refractivity contribution in [2.45, 2.75) is 75.3 Å². The molecular weight excluding hydrogens is 496 g/mol. The third-order valence-electron chi connectivity index (χ3n) is 10.0. The summed E-state index contributed by atoms with van der Waals surface area (Å²) in [6.45, 7) is 4.37. The number of nitrogens with zero attached hydrogens (tertiary/aromatic N) is 2. The van der Waals surface area contributed by atoms with E-state index in [2.05, 4.69) is 51.9 Å². The highest BCUT2D eigenvalue weighted by molar-refractivity contribution is 5.82. The summed E-state index contributed by atoms with van der Waals surface area (Å²) in [6.07, 6.45) is 9.68. The number of likely N-dealkylation sites (tertiary alicyclic amines) is 1. The molecule has 1 spiro atoms. The molecule has 1 saturated carbocycles. The molecule has 3 aliphatic heterocycles. The molecule has 3 N–H and O–H groups in total. The molecule has 4 atom stereocenters. The monoisotopic (exact) mass is 538 g/mol. The van der Waals surface area contributed by atoms with Crippen molar-refractivity contribution in [2.24, 2.45) is 11.8 Å². The summed E-state index contributed by atoms with van der Waals surface area (Å²) < 4.78 is 5.45. The number of nitrogens with two attached hydrogens (primary N) is 1. The van der Waals surface area contributed by atoms with Crippen molar-refractivity contribution in [1.29, 1.82) is 0 Å². The van der Waals surface area contributed by atoms with Gasteiger partial charge >= 0.3 is 0 Å². The number of nitrogens with one attached hydrogen (secondary N) is 1. The number of fused-ring (bicyclic) bond motifs is 2. The van der Waals surface area contributed by atoms with Crippen LogP contribution in [-0.2, 0) is 16.8 Å². The zero-order chi connectivity index (χ0) is 25.2. The average molecular weight is 539 g/mol. The van der Waals surface area contributed by atoms with Crippen LogP contribution in [0.5, 0.6) is 5.88 Å². The van der Waals surface area contributed by atoms with Crippen LogP contribution in [0.3, 0.4) is 0 Å². The zero-order valence-electron chi connectivity index (χ0n) is 22.7. The Balaban J connectivity index is 0.00000294. The van der Waals surface area contributed by atoms with Gasteiger partial charge in [0, 0.05) is 25.2 Å². The van der Waals surface area contributed by atoms with E-state index in [1.165, 1.54) is 43.2 Å². The van der Waals surface area contributed by atoms with Crippen LogP contribution in [0, 0.1) is 11.8 Å². The van der Waals surface area contributed by atoms with Gasteiger partial charge in [0.1, 0.15) is 5.92 Å². The van der Waals surface area contributed by atoms with Gasteiger partial charge in [0.15, 0.2) is 0 Å². The zero-order valence-corrected chi connectivity index (χ0v) is 23.5. The molecule has 3 fully saturated rings. The number of methoxy groups -OCH3 is 1. The number of rotatable bonds is 4. The molecule has 6 nitrogen and oxygen atoms in total. The smallest absolute Gasteiger partial charge is 0.232 e. The summed E-state index contributed by atoms with van der Waals surface area (Å²) in [5, 5.41) is 5.96. The molecule has 6 rings (SSSR count). The van der Waals surface area contributed by atoms with Gasteiger partial charge in [-0.05, 0) is 61.6 Å². The molecule has 0 unspecified atom stereocenters. The number of quaternary nitrogens is 1. The number of aromatic nitrogens is 1. The maximum absolute atomic E-state index is 14.7. The summed E-state index contributed by atoms with van der Waals surface area (Å²) in [6, 6.07) is 15.6. The van der Waals surface area contributed by atoms with E-state index in [9.17, 15) is 4.79 Å². The van der Waals surface area contributed by atoms with E-state index < -0.39 is 0 Å². The van der Waals surface area contributed by atoms with Crippen LogP contribution in [0.2, 0.25) is 0 Å². The van der Waals surface area contributed by atoms with Crippen molar-refractivity contribution in [3.8, 4) is 5.88 Å². The number of benzene rings is 1. The molecule has 206 valence electrons. The van der Waals surface area contributed by atoms with Crippen molar-refractivity contribution >= 4 is 5.91 Å².